The van der Waals surface area contributed by atoms with Crippen molar-refractivity contribution in [2.45, 2.75) is 26.2 Å². The number of nitrogens with one attached hydrogen (secondary N) is 1. The van der Waals surface area contributed by atoms with Crippen molar-refractivity contribution in [1.82, 2.24) is 14.9 Å². The Balaban J connectivity index is 1.96. The second-order valence-electron chi connectivity index (χ2n) is 7.20. The molecule has 0 atom stereocenters. The summed E-state index contributed by atoms with van der Waals surface area (Å²) in [5, 5.41) is 22.4. The maximum Gasteiger partial charge on any atom is 0.288 e. The average Bonchev–Trinajstić information content (AvgIpc) is 3.01. The van der Waals surface area contributed by atoms with Crippen molar-refractivity contribution in [1.29, 1.82) is 0 Å². The molecule has 0 saturated heterocycles. The van der Waals surface area contributed by atoms with E-state index in [4.69, 9.17) is 23.8 Å². The van der Waals surface area contributed by atoms with Crippen molar-refractivity contribution >= 4 is 35.7 Å². The average molecular weight is 416 g/mol. The van der Waals surface area contributed by atoms with Crippen LogP contribution >= 0.6 is 23.8 Å². The zero-order valence-electron chi connectivity index (χ0n) is 15.5. The number of hydrogen-bond donors (Lipinski definition) is 1. The van der Waals surface area contributed by atoms with Crippen molar-refractivity contribution in [3.63, 3.8) is 0 Å². The smallest absolute Gasteiger partial charge is 0.258 e. The molecular weight excluding hydrogens is 398 g/mol. The SMILES string of the molecule is CC(C)(C)c1ccc(-c2n[nH]c(=S)n2/N=C\c2ccc(Cl)c([N+](=O)[O-])c2)cc1. The van der Waals surface area contributed by atoms with E-state index in [0.29, 0.717) is 16.2 Å². The molecule has 1 heterocycles. The third-order valence-electron chi connectivity index (χ3n) is 4.15. The minimum absolute atomic E-state index is 0.0463. The van der Waals surface area contributed by atoms with Crippen LogP contribution in [0.2, 0.25) is 5.02 Å². The zero-order chi connectivity index (χ0) is 20.5. The van der Waals surface area contributed by atoms with Crippen LogP contribution in [0.25, 0.3) is 11.4 Å². The zero-order valence-corrected chi connectivity index (χ0v) is 17.1. The van der Waals surface area contributed by atoms with E-state index >= 15 is 0 Å². The molecule has 0 bridgehead atoms. The van der Waals surface area contributed by atoms with Crippen LogP contribution in [-0.2, 0) is 5.41 Å². The monoisotopic (exact) mass is 415 g/mol. The summed E-state index contributed by atoms with van der Waals surface area (Å²) in [5.41, 5.74) is 2.44. The van der Waals surface area contributed by atoms with E-state index in [9.17, 15) is 10.1 Å². The van der Waals surface area contributed by atoms with Gasteiger partial charge in [0.2, 0.25) is 4.77 Å². The van der Waals surface area contributed by atoms with Crippen molar-refractivity contribution in [3.8, 4) is 11.4 Å². The Hall–Kier alpha value is -2.84. The van der Waals surface area contributed by atoms with Gasteiger partial charge in [-0.1, -0.05) is 62.7 Å². The Labute approximate surface area is 171 Å². The number of halogens is 1. The first-order chi connectivity index (χ1) is 13.2. The molecule has 0 saturated carbocycles. The summed E-state index contributed by atoms with van der Waals surface area (Å²) in [6, 6.07) is 12.5. The molecule has 28 heavy (non-hydrogen) atoms. The quantitative estimate of drug-likeness (QED) is 0.269. The third-order valence-corrected chi connectivity index (χ3v) is 4.73. The van der Waals surface area contributed by atoms with Gasteiger partial charge in [0.25, 0.3) is 5.69 Å². The number of aromatic amines is 1. The van der Waals surface area contributed by atoms with Gasteiger partial charge in [0, 0.05) is 17.2 Å². The number of nitrogens with zero attached hydrogens (tertiary/aromatic N) is 4. The lowest BCUT2D eigenvalue weighted by Gasteiger charge is -2.18. The summed E-state index contributed by atoms with van der Waals surface area (Å²) in [6.07, 6.45) is 1.47. The molecule has 0 spiro atoms. The molecule has 0 aliphatic carbocycles. The topological polar surface area (TPSA) is 89.1 Å². The summed E-state index contributed by atoms with van der Waals surface area (Å²) in [4.78, 5) is 10.5. The second-order valence-corrected chi connectivity index (χ2v) is 8.00. The van der Waals surface area contributed by atoms with Crippen LogP contribution in [-0.4, -0.2) is 26.0 Å². The van der Waals surface area contributed by atoms with E-state index in [-0.39, 0.29) is 16.1 Å². The molecule has 0 aliphatic heterocycles. The van der Waals surface area contributed by atoms with E-state index in [2.05, 4.69) is 36.1 Å². The van der Waals surface area contributed by atoms with Gasteiger partial charge in [0.1, 0.15) is 5.02 Å². The van der Waals surface area contributed by atoms with Gasteiger partial charge in [-0.3, -0.25) is 10.1 Å². The van der Waals surface area contributed by atoms with Gasteiger partial charge in [-0.25, -0.2) is 5.10 Å². The first-order valence-electron chi connectivity index (χ1n) is 8.43. The lowest BCUT2D eigenvalue weighted by molar-refractivity contribution is -0.384. The van der Waals surface area contributed by atoms with Gasteiger partial charge in [-0.2, -0.15) is 14.9 Å². The number of nitro benzene ring substituents is 1. The molecule has 1 N–H and O–H groups in total. The molecule has 0 unspecified atom stereocenters. The molecule has 3 rings (SSSR count). The molecule has 1 aromatic heterocycles. The molecule has 2 aromatic carbocycles. The van der Waals surface area contributed by atoms with E-state index in [1.807, 2.05) is 24.3 Å². The van der Waals surface area contributed by atoms with Gasteiger partial charge >= 0.3 is 0 Å². The Kier molecular flexibility index (Phi) is 5.44. The Bertz CT molecular complexity index is 1110. The van der Waals surface area contributed by atoms with Crippen molar-refractivity contribution < 1.29 is 4.92 Å². The van der Waals surface area contributed by atoms with Crippen LogP contribution in [0, 0.1) is 14.9 Å². The largest absolute Gasteiger partial charge is 0.288 e. The first kappa shape index (κ1) is 19.9. The normalized spacial score (nSPS) is 11.9. The van der Waals surface area contributed by atoms with E-state index in [1.54, 1.807) is 6.07 Å². The lowest BCUT2D eigenvalue weighted by Crippen LogP contribution is -2.10. The predicted molar refractivity (Wildman–Crippen MR) is 113 cm³/mol. The van der Waals surface area contributed by atoms with E-state index in [1.165, 1.54) is 28.6 Å². The van der Waals surface area contributed by atoms with Crippen LogP contribution in [0.3, 0.4) is 0 Å². The highest BCUT2D eigenvalue weighted by molar-refractivity contribution is 7.71. The predicted octanol–water partition coefficient (Wildman–Crippen LogP) is 5.35. The molecule has 0 fully saturated rings. The van der Waals surface area contributed by atoms with Gasteiger partial charge in [-0.05, 0) is 29.3 Å². The van der Waals surface area contributed by atoms with Crippen molar-refractivity contribution in [2.75, 3.05) is 0 Å². The number of benzene rings is 2. The molecule has 0 radical (unpaired) electrons. The molecule has 144 valence electrons. The summed E-state index contributed by atoms with van der Waals surface area (Å²) >= 11 is 11.1. The second kappa shape index (κ2) is 7.65. The van der Waals surface area contributed by atoms with E-state index in [0.717, 1.165) is 5.56 Å². The Morgan fingerprint density at radius 2 is 1.93 bits per heavy atom. The first-order valence-corrected chi connectivity index (χ1v) is 9.22. The highest BCUT2D eigenvalue weighted by Gasteiger charge is 2.15. The van der Waals surface area contributed by atoms with Crippen LogP contribution in [0.1, 0.15) is 31.9 Å². The van der Waals surface area contributed by atoms with Gasteiger partial charge in [0.05, 0.1) is 11.1 Å². The third kappa shape index (κ3) is 4.18. The molecule has 0 aliphatic rings. The number of H-pyrrole nitrogens is 1. The number of aromatic nitrogens is 3. The fraction of sp³-hybridized carbons (Fsp3) is 0.211. The van der Waals surface area contributed by atoms with Crippen LogP contribution < -0.4 is 0 Å². The van der Waals surface area contributed by atoms with Crippen LogP contribution in [0.5, 0.6) is 0 Å². The molecule has 3 aromatic rings. The molecule has 9 heteroatoms. The number of nitro groups is 1. The van der Waals surface area contributed by atoms with Gasteiger partial charge < -0.3 is 0 Å². The highest BCUT2D eigenvalue weighted by Crippen LogP contribution is 2.26. The number of rotatable bonds is 4. The fourth-order valence-corrected chi connectivity index (χ4v) is 2.95. The molecule has 0 amide bonds. The summed E-state index contributed by atoms with van der Waals surface area (Å²) in [6.45, 7) is 6.44. The number of hydrogen-bond acceptors (Lipinski definition) is 5. The van der Waals surface area contributed by atoms with Crippen LogP contribution in [0.15, 0.2) is 47.6 Å². The maximum absolute atomic E-state index is 11.0. The minimum atomic E-state index is -0.536. The standard InChI is InChI=1S/C19H18ClN5O2S/c1-19(2,3)14-7-5-13(6-8-14)17-22-23-18(28)24(17)21-11-12-4-9-15(20)16(10-12)25(26)27/h4-11H,1-3H3,(H,23,28)/b21-11-. The Morgan fingerprint density at radius 3 is 2.54 bits per heavy atom. The minimum Gasteiger partial charge on any atom is -0.258 e. The van der Waals surface area contributed by atoms with Gasteiger partial charge in [-0.15, -0.1) is 0 Å². The molecular formula is C19H18ClN5O2S. The summed E-state index contributed by atoms with van der Waals surface area (Å²) in [7, 11) is 0. The van der Waals surface area contributed by atoms with Crippen LogP contribution in [0.4, 0.5) is 5.69 Å². The fourth-order valence-electron chi connectivity index (χ4n) is 2.58. The molecule has 7 nitrogen and oxygen atoms in total. The van der Waals surface area contributed by atoms with E-state index < -0.39 is 4.92 Å². The summed E-state index contributed by atoms with van der Waals surface area (Å²) in [5.74, 6) is 0.546. The summed E-state index contributed by atoms with van der Waals surface area (Å²) < 4.78 is 1.79. The highest BCUT2D eigenvalue weighted by atomic mass is 35.5. The van der Waals surface area contributed by atoms with Crippen molar-refractivity contribution in [2.24, 2.45) is 5.10 Å². The van der Waals surface area contributed by atoms with Crippen molar-refractivity contribution in [3.05, 3.63) is 73.5 Å². The van der Waals surface area contributed by atoms with Gasteiger partial charge in [0.15, 0.2) is 5.82 Å². The maximum atomic E-state index is 11.0. The lowest BCUT2D eigenvalue weighted by atomic mass is 9.87. The Morgan fingerprint density at radius 1 is 1.25 bits per heavy atom.